The Hall–Kier alpha value is -1.77. The first-order chi connectivity index (χ1) is 37.3. The summed E-state index contributed by atoms with van der Waals surface area (Å²) < 4.78 is 33.0. The van der Waals surface area contributed by atoms with Gasteiger partial charge in [-0.05, 0) is 70.6 Å². The summed E-state index contributed by atoms with van der Waals surface area (Å²) in [6.07, 6.45) is 76.9. The fraction of sp³-hybridized carbons (Fsp3) is 0.879. The molecule has 0 fully saturated rings. The number of unbranched alkanes of at least 4 members (excludes halogenated alkanes) is 44. The third-order valence-electron chi connectivity index (χ3n) is 14.7. The number of esters is 2. The van der Waals surface area contributed by atoms with Gasteiger partial charge in [-0.3, -0.25) is 18.6 Å². The lowest BCUT2D eigenvalue weighted by molar-refractivity contribution is -0.161. The molecule has 0 aromatic rings. The number of allylic oxidation sites excluding steroid dienone is 6. The lowest BCUT2D eigenvalue weighted by atomic mass is 10.0. The summed E-state index contributed by atoms with van der Waals surface area (Å²) in [4.78, 5) is 35.2. The van der Waals surface area contributed by atoms with Crippen molar-refractivity contribution in [3.63, 3.8) is 0 Å². The lowest BCUT2D eigenvalue weighted by Crippen LogP contribution is -2.29. The standard InChI is InChI=1S/C66H126NO8P/c1-3-5-7-9-11-13-15-17-19-21-22-23-24-25-26-27-28-29-30-31-32-33-34-35-36-37-38-39-40-41-42-43-45-46-48-50-52-54-56-58-65(68)72-62-64(63-74-76(70,71)73-61-60-67)75-66(69)59-57-55-53-51-49-47-44-20-18-16-14-12-10-8-6-4-2/h14,16,20-22,44,64H,3-13,15,17-19,23-43,45-63,67H2,1-2H3,(H,70,71)/b16-14-,22-21-,44-20-. The normalized spacial score (nSPS) is 13.2. The van der Waals surface area contributed by atoms with Crippen LogP contribution in [0.4, 0.5) is 0 Å². The van der Waals surface area contributed by atoms with Crippen LogP contribution >= 0.6 is 7.82 Å². The van der Waals surface area contributed by atoms with Crippen LogP contribution in [-0.4, -0.2) is 49.3 Å². The Labute approximate surface area is 471 Å². The van der Waals surface area contributed by atoms with Crippen molar-refractivity contribution in [2.75, 3.05) is 26.4 Å². The van der Waals surface area contributed by atoms with E-state index in [4.69, 9.17) is 24.3 Å². The summed E-state index contributed by atoms with van der Waals surface area (Å²) in [7, 11) is -4.39. The van der Waals surface area contributed by atoms with Gasteiger partial charge < -0.3 is 20.1 Å². The third-order valence-corrected chi connectivity index (χ3v) is 15.7. The van der Waals surface area contributed by atoms with Crippen molar-refractivity contribution < 1.29 is 37.6 Å². The van der Waals surface area contributed by atoms with Gasteiger partial charge >= 0.3 is 19.8 Å². The van der Waals surface area contributed by atoms with Crippen LogP contribution < -0.4 is 5.73 Å². The summed E-state index contributed by atoms with van der Waals surface area (Å²) in [6.45, 7) is 3.75. The molecule has 0 radical (unpaired) electrons. The Balaban J connectivity index is 3.73. The lowest BCUT2D eigenvalue weighted by Gasteiger charge is -2.19. The first-order valence-electron chi connectivity index (χ1n) is 33.0. The zero-order valence-corrected chi connectivity index (χ0v) is 51.2. The van der Waals surface area contributed by atoms with Crippen molar-refractivity contribution >= 4 is 19.8 Å². The van der Waals surface area contributed by atoms with Crippen LogP contribution in [0.3, 0.4) is 0 Å². The average molecular weight is 1090 g/mol. The van der Waals surface area contributed by atoms with Gasteiger partial charge in [0.1, 0.15) is 6.61 Å². The Morgan fingerprint density at radius 3 is 1.03 bits per heavy atom. The summed E-state index contributed by atoms with van der Waals surface area (Å²) in [5.41, 5.74) is 5.38. The molecule has 0 aliphatic heterocycles. The van der Waals surface area contributed by atoms with Gasteiger partial charge in [0, 0.05) is 19.4 Å². The van der Waals surface area contributed by atoms with Crippen LogP contribution in [0, 0.1) is 0 Å². The molecule has 0 aromatic carbocycles. The van der Waals surface area contributed by atoms with Gasteiger partial charge in [-0.15, -0.1) is 0 Å². The first-order valence-corrected chi connectivity index (χ1v) is 34.5. The molecule has 9 nitrogen and oxygen atoms in total. The predicted octanol–water partition coefficient (Wildman–Crippen LogP) is 21.1. The van der Waals surface area contributed by atoms with E-state index in [-0.39, 0.29) is 38.6 Å². The highest BCUT2D eigenvalue weighted by Crippen LogP contribution is 2.43. The number of carbonyl (C=O) groups excluding carboxylic acids is 2. The van der Waals surface area contributed by atoms with E-state index >= 15 is 0 Å². The Bertz CT molecular complexity index is 1340. The van der Waals surface area contributed by atoms with Crippen molar-refractivity contribution in [1.82, 2.24) is 0 Å². The molecule has 0 bridgehead atoms. The molecule has 10 heteroatoms. The van der Waals surface area contributed by atoms with E-state index in [1.807, 2.05) is 0 Å². The van der Waals surface area contributed by atoms with Crippen molar-refractivity contribution in [3.05, 3.63) is 36.5 Å². The maximum Gasteiger partial charge on any atom is 0.472 e. The largest absolute Gasteiger partial charge is 0.472 e. The molecule has 0 aliphatic rings. The SMILES string of the molecule is CCCCCC/C=C\C/C=C\CCCCCCCC(=O)OC(COC(=O)CCCCCCCCCCCCCCCCCCCCCCCCCCCCC/C=C\CCCCCCCCCC)COP(=O)(O)OCCN. The molecule has 448 valence electrons. The van der Waals surface area contributed by atoms with Gasteiger partial charge in [-0.25, -0.2) is 4.57 Å². The number of phosphoric acid groups is 1. The molecule has 3 N–H and O–H groups in total. The zero-order chi connectivity index (χ0) is 55.2. The quantitative estimate of drug-likeness (QED) is 0.0264. The predicted molar refractivity (Wildman–Crippen MR) is 326 cm³/mol. The summed E-state index contributed by atoms with van der Waals surface area (Å²) in [5.74, 6) is -0.829. The van der Waals surface area contributed by atoms with Crippen molar-refractivity contribution in [1.29, 1.82) is 0 Å². The van der Waals surface area contributed by atoms with Crippen LogP contribution in [-0.2, 0) is 32.7 Å². The minimum Gasteiger partial charge on any atom is -0.462 e. The minimum absolute atomic E-state index is 0.0523. The zero-order valence-electron chi connectivity index (χ0n) is 50.3. The van der Waals surface area contributed by atoms with Gasteiger partial charge in [0.2, 0.25) is 0 Å². The van der Waals surface area contributed by atoms with E-state index < -0.39 is 26.5 Å². The molecule has 2 atom stereocenters. The number of phosphoric ester groups is 1. The number of carbonyl (C=O) groups is 2. The van der Waals surface area contributed by atoms with Crippen LogP contribution in [0.15, 0.2) is 36.5 Å². The molecular weight excluding hydrogens is 966 g/mol. The fourth-order valence-corrected chi connectivity index (χ4v) is 10.6. The number of nitrogens with two attached hydrogens (primary N) is 1. The highest BCUT2D eigenvalue weighted by molar-refractivity contribution is 7.47. The smallest absolute Gasteiger partial charge is 0.462 e. The Kier molecular flexibility index (Phi) is 61.0. The maximum atomic E-state index is 12.7. The topological polar surface area (TPSA) is 134 Å². The molecule has 0 saturated heterocycles. The van der Waals surface area contributed by atoms with E-state index in [1.54, 1.807) is 0 Å². The monoisotopic (exact) mass is 1090 g/mol. The van der Waals surface area contributed by atoms with Gasteiger partial charge in [-0.1, -0.05) is 294 Å². The summed E-state index contributed by atoms with van der Waals surface area (Å²) >= 11 is 0. The van der Waals surface area contributed by atoms with Crippen molar-refractivity contribution in [3.8, 4) is 0 Å². The Morgan fingerprint density at radius 1 is 0.395 bits per heavy atom. The van der Waals surface area contributed by atoms with E-state index in [1.165, 1.54) is 250 Å². The molecule has 0 aromatic heterocycles. The molecule has 0 heterocycles. The number of hydrogen-bond donors (Lipinski definition) is 2. The molecule has 0 amide bonds. The van der Waals surface area contributed by atoms with Crippen LogP contribution in [0.5, 0.6) is 0 Å². The molecule has 0 saturated carbocycles. The second kappa shape index (κ2) is 62.4. The molecule has 0 rings (SSSR count). The van der Waals surface area contributed by atoms with E-state index in [0.717, 1.165) is 57.8 Å². The molecule has 76 heavy (non-hydrogen) atoms. The number of rotatable bonds is 63. The summed E-state index contributed by atoms with van der Waals surface area (Å²) in [6, 6.07) is 0. The highest BCUT2D eigenvalue weighted by Gasteiger charge is 2.26. The Morgan fingerprint density at radius 2 is 0.684 bits per heavy atom. The molecule has 2 unspecified atom stereocenters. The van der Waals surface area contributed by atoms with Crippen LogP contribution in [0.25, 0.3) is 0 Å². The van der Waals surface area contributed by atoms with Crippen LogP contribution in [0.1, 0.15) is 341 Å². The minimum atomic E-state index is -4.39. The van der Waals surface area contributed by atoms with Gasteiger partial charge in [0.05, 0.1) is 13.2 Å². The van der Waals surface area contributed by atoms with E-state index in [0.29, 0.717) is 6.42 Å². The summed E-state index contributed by atoms with van der Waals surface area (Å²) in [5, 5.41) is 0. The van der Waals surface area contributed by atoms with Crippen molar-refractivity contribution in [2.45, 2.75) is 347 Å². The van der Waals surface area contributed by atoms with Crippen molar-refractivity contribution in [2.24, 2.45) is 5.73 Å². The third kappa shape index (κ3) is 61.4. The second-order valence-electron chi connectivity index (χ2n) is 22.3. The second-order valence-corrected chi connectivity index (χ2v) is 23.8. The molecular formula is C66H126NO8P. The van der Waals surface area contributed by atoms with E-state index in [9.17, 15) is 19.0 Å². The fourth-order valence-electron chi connectivity index (χ4n) is 9.84. The maximum absolute atomic E-state index is 12.7. The van der Waals surface area contributed by atoms with E-state index in [2.05, 4.69) is 50.3 Å². The number of ether oxygens (including phenoxy) is 2. The van der Waals surface area contributed by atoms with Gasteiger partial charge in [-0.2, -0.15) is 0 Å². The number of hydrogen-bond acceptors (Lipinski definition) is 8. The van der Waals surface area contributed by atoms with Crippen LogP contribution in [0.2, 0.25) is 0 Å². The molecule has 0 spiro atoms. The first kappa shape index (κ1) is 74.2. The highest BCUT2D eigenvalue weighted by atomic mass is 31.2. The molecule has 0 aliphatic carbocycles. The van der Waals surface area contributed by atoms with Gasteiger partial charge in [0.15, 0.2) is 6.10 Å². The van der Waals surface area contributed by atoms with Gasteiger partial charge in [0.25, 0.3) is 0 Å². The average Bonchev–Trinajstić information content (AvgIpc) is 3.41.